The summed E-state index contributed by atoms with van der Waals surface area (Å²) >= 11 is 0. The van der Waals surface area contributed by atoms with Crippen LogP contribution in [0.3, 0.4) is 0 Å². The smallest absolute Gasteiger partial charge is 0.0939 e. The third-order valence-electron chi connectivity index (χ3n) is 2.64. The van der Waals surface area contributed by atoms with Crippen LogP contribution in [-0.4, -0.2) is 36.2 Å². The Morgan fingerprint density at radius 3 is 2.54 bits per heavy atom. The predicted octanol–water partition coefficient (Wildman–Crippen LogP) is 1.57. The van der Waals surface area contributed by atoms with Crippen LogP contribution in [0.25, 0.3) is 0 Å². The first-order chi connectivity index (χ1) is 6.13. The van der Waals surface area contributed by atoms with Crippen molar-refractivity contribution >= 4 is 0 Å². The van der Waals surface area contributed by atoms with E-state index in [2.05, 4.69) is 12.2 Å². The van der Waals surface area contributed by atoms with E-state index in [4.69, 9.17) is 0 Å². The molecule has 0 aliphatic heterocycles. The second-order valence-electron chi connectivity index (χ2n) is 3.83. The van der Waals surface area contributed by atoms with E-state index < -0.39 is 0 Å². The van der Waals surface area contributed by atoms with E-state index in [-0.39, 0.29) is 12.1 Å². The fourth-order valence-electron chi connectivity index (χ4n) is 1.41. The van der Waals surface area contributed by atoms with Gasteiger partial charge in [0.1, 0.15) is 0 Å². The third-order valence-corrected chi connectivity index (χ3v) is 2.64. The number of likely N-dealkylation sites (N-methyl/N-ethyl adjacent to an activating group) is 1. The molecule has 0 aromatic carbocycles. The Labute approximate surface area is 80.6 Å². The summed E-state index contributed by atoms with van der Waals surface area (Å²) in [7, 11) is 3.97. The normalized spacial score (nSPS) is 21.5. The van der Waals surface area contributed by atoms with Crippen LogP contribution in [0, 0.1) is 0 Å². The molecule has 1 aliphatic rings. The average Bonchev–Trinajstić information content (AvgIpc) is 2.17. The van der Waals surface area contributed by atoms with Gasteiger partial charge in [-0.2, -0.15) is 0 Å². The number of rotatable bonds is 3. The molecule has 0 aromatic heterocycles. The highest BCUT2D eigenvalue weighted by molar-refractivity contribution is 5.27. The molecule has 1 N–H and O–H groups in total. The van der Waals surface area contributed by atoms with Crippen molar-refractivity contribution in [2.45, 2.75) is 31.9 Å². The fourth-order valence-corrected chi connectivity index (χ4v) is 1.41. The van der Waals surface area contributed by atoms with Crippen LogP contribution in [0.5, 0.6) is 0 Å². The van der Waals surface area contributed by atoms with Gasteiger partial charge in [-0.1, -0.05) is 18.2 Å². The molecule has 0 saturated carbocycles. The van der Waals surface area contributed by atoms with Crippen LogP contribution in [0.2, 0.25) is 0 Å². The Morgan fingerprint density at radius 1 is 1.38 bits per heavy atom. The van der Waals surface area contributed by atoms with Crippen LogP contribution < -0.4 is 0 Å². The van der Waals surface area contributed by atoms with E-state index >= 15 is 0 Å². The van der Waals surface area contributed by atoms with E-state index in [1.165, 1.54) is 0 Å². The molecule has 0 bridgehead atoms. The van der Waals surface area contributed by atoms with E-state index in [9.17, 15) is 5.11 Å². The van der Waals surface area contributed by atoms with Crippen molar-refractivity contribution in [2.24, 2.45) is 0 Å². The van der Waals surface area contributed by atoms with Crippen LogP contribution in [-0.2, 0) is 0 Å². The van der Waals surface area contributed by atoms with Crippen LogP contribution in [0.4, 0.5) is 0 Å². The molecular weight excluding hydrogens is 162 g/mol. The molecule has 74 valence electrons. The summed E-state index contributed by atoms with van der Waals surface area (Å²) in [4.78, 5) is 2.04. The molecular formula is C11H19NO. The minimum absolute atomic E-state index is 0.175. The Kier molecular flexibility index (Phi) is 3.70. The van der Waals surface area contributed by atoms with Gasteiger partial charge in [0.2, 0.25) is 0 Å². The zero-order chi connectivity index (χ0) is 9.84. The molecule has 2 unspecified atom stereocenters. The van der Waals surface area contributed by atoms with Crippen LogP contribution >= 0.6 is 0 Å². The lowest BCUT2D eigenvalue weighted by Gasteiger charge is -2.26. The highest BCUT2D eigenvalue weighted by atomic mass is 16.3. The maximum absolute atomic E-state index is 9.95. The molecule has 0 heterocycles. The van der Waals surface area contributed by atoms with Gasteiger partial charge in [0, 0.05) is 6.04 Å². The van der Waals surface area contributed by atoms with Gasteiger partial charge in [-0.15, -0.1) is 0 Å². The van der Waals surface area contributed by atoms with E-state index in [0.29, 0.717) is 0 Å². The summed E-state index contributed by atoms with van der Waals surface area (Å²) in [5.41, 5.74) is 1.06. The first kappa shape index (κ1) is 10.5. The molecule has 0 radical (unpaired) electrons. The third kappa shape index (κ3) is 2.68. The molecule has 1 rings (SSSR count). The highest BCUT2D eigenvalue weighted by Crippen LogP contribution is 2.17. The van der Waals surface area contributed by atoms with Crippen molar-refractivity contribution in [3.05, 3.63) is 23.8 Å². The molecule has 0 saturated heterocycles. The van der Waals surface area contributed by atoms with Crippen molar-refractivity contribution in [3.8, 4) is 0 Å². The maximum Gasteiger partial charge on any atom is 0.0939 e. The predicted molar refractivity (Wildman–Crippen MR) is 55.6 cm³/mol. The molecule has 0 fully saturated rings. The van der Waals surface area contributed by atoms with Gasteiger partial charge in [0.25, 0.3) is 0 Å². The Hall–Kier alpha value is -0.600. The number of allylic oxidation sites excluding steroid dienone is 2. The standard InChI is InChI=1S/C11H19NO/c1-9(12(2)3)11(13)10-7-5-4-6-8-10/h5,7-9,11,13H,4,6H2,1-3H3. The Morgan fingerprint density at radius 2 is 2.08 bits per heavy atom. The Bertz CT molecular complexity index is 218. The minimum Gasteiger partial charge on any atom is -0.387 e. The van der Waals surface area contributed by atoms with Gasteiger partial charge in [-0.25, -0.2) is 0 Å². The molecule has 2 nitrogen and oxygen atoms in total. The zero-order valence-electron chi connectivity index (χ0n) is 8.70. The van der Waals surface area contributed by atoms with Crippen molar-refractivity contribution in [1.29, 1.82) is 0 Å². The summed E-state index contributed by atoms with van der Waals surface area (Å²) in [6.45, 7) is 2.04. The van der Waals surface area contributed by atoms with E-state index in [1.54, 1.807) is 0 Å². The topological polar surface area (TPSA) is 23.5 Å². The molecule has 0 aromatic rings. The molecule has 2 heteroatoms. The van der Waals surface area contributed by atoms with Gasteiger partial charge in [0.05, 0.1) is 6.10 Å². The number of hydrogen-bond acceptors (Lipinski definition) is 2. The number of aliphatic hydroxyl groups is 1. The summed E-state index contributed by atoms with van der Waals surface area (Å²) < 4.78 is 0. The van der Waals surface area contributed by atoms with Gasteiger partial charge >= 0.3 is 0 Å². The van der Waals surface area contributed by atoms with Gasteiger partial charge < -0.3 is 10.0 Å². The van der Waals surface area contributed by atoms with Gasteiger partial charge in [0.15, 0.2) is 0 Å². The van der Waals surface area contributed by atoms with Crippen LogP contribution in [0.15, 0.2) is 23.8 Å². The van der Waals surface area contributed by atoms with E-state index in [0.717, 1.165) is 18.4 Å². The van der Waals surface area contributed by atoms with Gasteiger partial charge in [-0.3, -0.25) is 0 Å². The molecule has 13 heavy (non-hydrogen) atoms. The molecule has 2 atom stereocenters. The van der Waals surface area contributed by atoms with Crippen molar-refractivity contribution < 1.29 is 5.11 Å². The lowest BCUT2D eigenvalue weighted by molar-refractivity contribution is 0.116. The quantitative estimate of drug-likeness (QED) is 0.714. The highest BCUT2D eigenvalue weighted by Gasteiger charge is 2.19. The van der Waals surface area contributed by atoms with Crippen LogP contribution in [0.1, 0.15) is 19.8 Å². The van der Waals surface area contributed by atoms with Crippen molar-refractivity contribution in [3.63, 3.8) is 0 Å². The summed E-state index contributed by atoms with van der Waals surface area (Å²) in [6, 6.07) is 0.175. The number of hydrogen-bond donors (Lipinski definition) is 1. The second kappa shape index (κ2) is 4.58. The van der Waals surface area contributed by atoms with Gasteiger partial charge in [-0.05, 0) is 39.4 Å². The van der Waals surface area contributed by atoms with E-state index in [1.807, 2.05) is 32.0 Å². The first-order valence-electron chi connectivity index (χ1n) is 4.84. The summed E-state index contributed by atoms with van der Waals surface area (Å²) in [5, 5.41) is 9.95. The SMILES string of the molecule is CC(C(O)C1=CCCC=C1)N(C)C. The number of nitrogens with zero attached hydrogens (tertiary/aromatic N) is 1. The molecule has 0 amide bonds. The first-order valence-corrected chi connectivity index (χ1v) is 4.84. The Balaban J connectivity index is 2.61. The summed E-state index contributed by atoms with van der Waals surface area (Å²) in [6.07, 6.45) is 8.10. The second-order valence-corrected chi connectivity index (χ2v) is 3.83. The zero-order valence-corrected chi connectivity index (χ0v) is 8.70. The van der Waals surface area contributed by atoms with Crippen molar-refractivity contribution in [1.82, 2.24) is 4.90 Å². The monoisotopic (exact) mass is 181 g/mol. The summed E-state index contributed by atoms with van der Waals surface area (Å²) in [5.74, 6) is 0. The van der Waals surface area contributed by atoms with Crippen molar-refractivity contribution in [2.75, 3.05) is 14.1 Å². The number of aliphatic hydroxyl groups excluding tert-OH is 1. The fraction of sp³-hybridized carbons (Fsp3) is 0.636. The minimum atomic E-state index is -0.355. The lowest BCUT2D eigenvalue weighted by atomic mass is 9.97. The lowest BCUT2D eigenvalue weighted by Crippen LogP contribution is -2.37. The maximum atomic E-state index is 9.95. The average molecular weight is 181 g/mol. The molecule has 0 spiro atoms. The molecule has 1 aliphatic carbocycles. The largest absolute Gasteiger partial charge is 0.387 e.